The van der Waals surface area contributed by atoms with Gasteiger partial charge in [-0.05, 0) is 53.2 Å². The highest BCUT2D eigenvalue weighted by atomic mass is 16.6. The summed E-state index contributed by atoms with van der Waals surface area (Å²) in [5.41, 5.74) is 1.35. The number of aryl methyl sites for hydroxylation is 2. The van der Waals surface area contributed by atoms with Crippen LogP contribution in [0.1, 0.15) is 38.8 Å². The Morgan fingerprint density at radius 1 is 1.19 bits per heavy atom. The number of esters is 1. The van der Waals surface area contributed by atoms with Crippen LogP contribution in [0.15, 0.2) is 18.2 Å². The van der Waals surface area contributed by atoms with Crippen LogP contribution < -0.4 is 10.1 Å². The maximum Gasteiger partial charge on any atom is 0.408 e. The Hall–Kier alpha value is -2.04. The first-order chi connectivity index (χ1) is 9.58. The molecule has 1 aromatic carbocycles. The van der Waals surface area contributed by atoms with E-state index < -0.39 is 23.7 Å². The topological polar surface area (TPSA) is 64.6 Å². The van der Waals surface area contributed by atoms with Crippen molar-refractivity contribution in [3.63, 3.8) is 0 Å². The zero-order chi connectivity index (χ0) is 16.2. The third-order valence-corrected chi connectivity index (χ3v) is 2.63. The molecule has 5 nitrogen and oxygen atoms in total. The maximum atomic E-state index is 12.0. The van der Waals surface area contributed by atoms with Gasteiger partial charge in [0.15, 0.2) is 0 Å². The lowest BCUT2D eigenvalue weighted by Gasteiger charge is -2.21. The van der Waals surface area contributed by atoms with Crippen LogP contribution >= 0.6 is 0 Å². The average molecular weight is 293 g/mol. The molecule has 0 aliphatic heterocycles. The largest absolute Gasteiger partial charge is 0.444 e. The molecule has 116 valence electrons. The number of nitrogens with one attached hydrogen (secondary N) is 1. The van der Waals surface area contributed by atoms with Crippen LogP contribution in [0.2, 0.25) is 0 Å². The molecule has 1 rings (SSSR count). The molecule has 1 amide bonds. The van der Waals surface area contributed by atoms with Crippen LogP contribution in [0.25, 0.3) is 0 Å². The van der Waals surface area contributed by atoms with Crippen molar-refractivity contribution in [3.8, 4) is 5.75 Å². The minimum atomic E-state index is -0.791. The molecule has 0 saturated carbocycles. The number of alkyl carbamates (subject to hydrolysis) is 1. The van der Waals surface area contributed by atoms with E-state index in [-0.39, 0.29) is 0 Å². The van der Waals surface area contributed by atoms with Gasteiger partial charge >= 0.3 is 12.1 Å². The highest BCUT2D eigenvalue weighted by Gasteiger charge is 2.22. The Bertz CT molecular complexity index is 532. The van der Waals surface area contributed by atoms with Crippen molar-refractivity contribution < 1.29 is 19.1 Å². The highest BCUT2D eigenvalue weighted by Crippen LogP contribution is 2.19. The third kappa shape index (κ3) is 5.85. The highest BCUT2D eigenvalue weighted by molar-refractivity contribution is 5.82. The monoisotopic (exact) mass is 293 g/mol. The second-order valence-corrected chi connectivity index (χ2v) is 6.06. The van der Waals surface area contributed by atoms with Gasteiger partial charge in [-0.1, -0.05) is 17.7 Å². The summed E-state index contributed by atoms with van der Waals surface area (Å²) in [5.74, 6) is -0.0451. The summed E-state index contributed by atoms with van der Waals surface area (Å²) in [7, 11) is 0. The molecule has 1 aromatic rings. The molecule has 0 saturated heterocycles. The van der Waals surface area contributed by atoms with Gasteiger partial charge in [0.25, 0.3) is 0 Å². The normalized spacial score (nSPS) is 12.5. The Kier molecular flexibility index (Phi) is 5.35. The fourth-order valence-corrected chi connectivity index (χ4v) is 1.65. The standard InChI is InChI=1S/C16H23NO4/c1-10-7-8-13(11(2)9-10)20-14(18)12(3)17-15(19)21-16(4,5)6/h7-9,12H,1-6H3,(H,17,19). The van der Waals surface area contributed by atoms with Crippen molar-refractivity contribution in [1.82, 2.24) is 5.32 Å². The van der Waals surface area contributed by atoms with Crippen LogP contribution in [-0.2, 0) is 9.53 Å². The summed E-state index contributed by atoms with van der Waals surface area (Å²) < 4.78 is 10.4. The van der Waals surface area contributed by atoms with Gasteiger partial charge in [0, 0.05) is 0 Å². The number of ether oxygens (including phenoxy) is 2. The number of hydrogen-bond acceptors (Lipinski definition) is 4. The van der Waals surface area contributed by atoms with E-state index >= 15 is 0 Å². The van der Waals surface area contributed by atoms with Crippen molar-refractivity contribution in [2.45, 2.75) is 53.2 Å². The van der Waals surface area contributed by atoms with Crippen LogP contribution in [0.4, 0.5) is 4.79 Å². The number of carbonyl (C=O) groups excluding carboxylic acids is 2. The van der Waals surface area contributed by atoms with E-state index in [2.05, 4.69) is 5.32 Å². The summed E-state index contributed by atoms with van der Waals surface area (Å²) in [5, 5.41) is 2.45. The van der Waals surface area contributed by atoms with E-state index in [0.29, 0.717) is 5.75 Å². The predicted molar refractivity (Wildman–Crippen MR) is 80.4 cm³/mol. The number of benzene rings is 1. The molecule has 1 N–H and O–H groups in total. The number of rotatable bonds is 3. The van der Waals surface area contributed by atoms with Gasteiger partial charge in [-0.2, -0.15) is 0 Å². The van der Waals surface area contributed by atoms with E-state index in [4.69, 9.17) is 9.47 Å². The smallest absolute Gasteiger partial charge is 0.408 e. The molecule has 0 aromatic heterocycles. The molecule has 0 aliphatic carbocycles. The first kappa shape index (κ1) is 17.0. The minimum absolute atomic E-state index is 0.489. The number of hydrogen-bond donors (Lipinski definition) is 1. The van der Waals surface area contributed by atoms with Crippen molar-refractivity contribution in [1.29, 1.82) is 0 Å². The Morgan fingerprint density at radius 3 is 2.33 bits per heavy atom. The molecule has 0 radical (unpaired) electrons. The van der Waals surface area contributed by atoms with Crippen molar-refractivity contribution >= 4 is 12.1 Å². The summed E-state index contributed by atoms with van der Waals surface area (Å²) >= 11 is 0. The maximum absolute atomic E-state index is 12.0. The molecule has 0 fully saturated rings. The van der Waals surface area contributed by atoms with E-state index in [1.54, 1.807) is 33.8 Å². The SMILES string of the molecule is Cc1ccc(OC(=O)C(C)NC(=O)OC(C)(C)C)c(C)c1. The fraction of sp³-hybridized carbons (Fsp3) is 0.500. The lowest BCUT2D eigenvalue weighted by molar-refractivity contribution is -0.136. The van der Waals surface area contributed by atoms with Gasteiger partial charge < -0.3 is 14.8 Å². The lowest BCUT2D eigenvalue weighted by Crippen LogP contribution is -2.43. The van der Waals surface area contributed by atoms with Crippen molar-refractivity contribution in [2.75, 3.05) is 0 Å². The fourth-order valence-electron chi connectivity index (χ4n) is 1.65. The van der Waals surface area contributed by atoms with Gasteiger partial charge in [0.1, 0.15) is 17.4 Å². The first-order valence-corrected chi connectivity index (χ1v) is 6.87. The molecule has 5 heteroatoms. The van der Waals surface area contributed by atoms with Gasteiger partial charge in [-0.15, -0.1) is 0 Å². The van der Waals surface area contributed by atoms with E-state index in [1.807, 2.05) is 26.0 Å². The number of carbonyl (C=O) groups is 2. The van der Waals surface area contributed by atoms with E-state index in [1.165, 1.54) is 0 Å². The third-order valence-electron chi connectivity index (χ3n) is 2.63. The van der Waals surface area contributed by atoms with E-state index in [9.17, 15) is 9.59 Å². The Balaban J connectivity index is 2.61. The molecule has 0 aliphatic rings. The zero-order valence-electron chi connectivity index (χ0n) is 13.4. The predicted octanol–water partition coefficient (Wildman–Crippen LogP) is 3.12. The van der Waals surface area contributed by atoms with Crippen molar-refractivity contribution in [2.24, 2.45) is 0 Å². The van der Waals surface area contributed by atoms with Crippen LogP contribution in [-0.4, -0.2) is 23.7 Å². The molecule has 1 atom stereocenters. The summed E-state index contributed by atoms with van der Waals surface area (Å²) in [6.45, 7) is 10.6. The van der Waals surface area contributed by atoms with Crippen molar-refractivity contribution in [3.05, 3.63) is 29.3 Å². The van der Waals surface area contributed by atoms with Gasteiger partial charge in [-0.3, -0.25) is 0 Å². The van der Waals surface area contributed by atoms with Gasteiger partial charge in [-0.25, -0.2) is 9.59 Å². The molecular formula is C16H23NO4. The molecule has 1 unspecified atom stereocenters. The molecule has 0 heterocycles. The van der Waals surface area contributed by atoms with Gasteiger partial charge in [0.2, 0.25) is 0 Å². The zero-order valence-corrected chi connectivity index (χ0v) is 13.4. The molecule has 0 bridgehead atoms. The molecular weight excluding hydrogens is 270 g/mol. The second kappa shape index (κ2) is 6.61. The van der Waals surface area contributed by atoms with Crippen LogP contribution in [0.5, 0.6) is 5.75 Å². The lowest BCUT2D eigenvalue weighted by atomic mass is 10.1. The molecule has 0 spiro atoms. The molecule has 21 heavy (non-hydrogen) atoms. The van der Waals surface area contributed by atoms with Gasteiger partial charge in [0.05, 0.1) is 0 Å². The number of amides is 1. The summed E-state index contributed by atoms with van der Waals surface area (Å²) in [4.78, 5) is 23.6. The first-order valence-electron chi connectivity index (χ1n) is 6.87. The van der Waals surface area contributed by atoms with E-state index in [0.717, 1.165) is 11.1 Å². The Labute approximate surface area is 125 Å². The minimum Gasteiger partial charge on any atom is -0.444 e. The quantitative estimate of drug-likeness (QED) is 0.687. The summed E-state index contributed by atoms with van der Waals surface area (Å²) in [6, 6.07) is 4.74. The van der Waals surface area contributed by atoms with Crippen LogP contribution in [0, 0.1) is 13.8 Å². The Morgan fingerprint density at radius 2 is 1.81 bits per heavy atom. The van der Waals surface area contributed by atoms with Crippen LogP contribution in [0.3, 0.4) is 0 Å². The average Bonchev–Trinajstić information content (AvgIpc) is 2.29. The summed E-state index contributed by atoms with van der Waals surface area (Å²) in [6.07, 6.45) is -0.646. The second-order valence-electron chi connectivity index (χ2n) is 6.06.